The number of fused-ring (bicyclic) bond motifs is 1. The van der Waals surface area contributed by atoms with E-state index >= 15 is 0 Å². The Bertz CT molecular complexity index is 489. The Kier molecular flexibility index (Phi) is 4.49. The average molecular weight is 302 g/mol. The lowest BCUT2D eigenvalue weighted by Gasteiger charge is -2.36. The summed E-state index contributed by atoms with van der Waals surface area (Å²) in [6.07, 6.45) is 11.5. The van der Waals surface area contributed by atoms with Gasteiger partial charge in [0.05, 0.1) is 0 Å². The van der Waals surface area contributed by atoms with Gasteiger partial charge in [0.2, 0.25) is 0 Å². The Hall–Kier alpha value is -0.870. The zero-order valence-corrected chi connectivity index (χ0v) is 13.8. The maximum Gasteiger partial charge on any atom is 0.113 e. The molecule has 1 N–H and O–H groups in total. The van der Waals surface area contributed by atoms with Crippen LogP contribution in [0.25, 0.3) is 0 Å². The molecule has 4 nitrogen and oxygen atoms in total. The molecule has 1 aromatic heterocycles. The molecule has 0 radical (unpaired) electrons. The maximum atomic E-state index is 4.83. The molecule has 22 heavy (non-hydrogen) atoms. The monoisotopic (exact) mass is 302 g/mol. The number of hydrogen-bond donors (Lipinski definition) is 1. The van der Waals surface area contributed by atoms with Crippen LogP contribution in [0.1, 0.15) is 56.0 Å². The van der Waals surface area contributed by atoms with Crippen LogP contribution >= 0.6 is 0 Å². The molecule has 1 unspecified atom stereocenters. The van der Waals surface area contributed by atoms with E-state index in [0.717, 1.165) is 5.92 Å². The van der Waals surface area contributed by atoms with Gasteiger partial charge >= 0.3 is 0 Å². The predicted molar refractivity (Wildman–Crippen MR) is 89.2 cm³/mol. The Morgan fingerprint density at radius 3 is 2.91 bits per heavy atom. The molecule has 2 saturated heterocycles. The van der Waals surface area contributed by atoms with E-state index in [-0.39, 0.29) is 0 Å². The standard InChI is InChI=1S/C18H30N4/c1-2-11-22-17(5-1)12-20-18(22)16-4-3-10-21(14-16)13-15-6-8-19-9-7-15/h12,15-16,19H,1-11,13-14H2. The summed E-state index contributed by atoms with van der Waals surface area (Å²) in [6, 6.07) is 0. The van der Waals surface area contributed by atoms with Crippen LogP contribution < -0.4 is 5.32 Å². The van der Waals surface area contributed by atoms with Crippen LogP contribution in [0.2, 0.25) is 0 Å². The number of nitrogens with zero attached hydrogens (tertiary/aromatic N) is 3. The number of rotatable bonds is 3. The van der Waals surface area contributed by atoms with E-state index in [9.17, 15) is 0 Å². The molecular weight excluding hydrogens is 272 g/mol. The fraction of sp³-hybridized carbons (Fsp3) is 0.833. The van der Waals surface area contributed by atoms with Crippen molar-refractivity contribution in [1.82, 2.24) is 19.8 Å². The summed E-state index contributed by atoms with van der Waals surface area (Å²) in [6.45, 7) is 7.49. The number of imidazole rings is 1. The first-order valence-corrected chi connectivity index (χ1v) is 9.37. The van der Waals surface area contributed by atoms with Crippen LogP contribution in [0.4, 0.5) is 0 Å². The van der Waals surface area contributed by atoms with Crippen LogP contribution in [-0.2, 0) is 13.0 Å². The van der Waals surface area contributed by atoms with Crippen molar-refractivity contribution < 1.29 is 0 Å². The lowest BCUT2D eigenvalue weighted by atomic mass is 9.93. The van der Waals surface area contributed by atoms with E-state index in [1.807, 2.05) is 0 Å². The van der Waals surface area contributed by atoms with Gasteiger partial charge in [0.1, 0.15) is 5.82 Å². The van der Waals surface area contributed by atoms with Crippen molar-refractivity contribution in [1.29, 1.82) is 0 Å². The predicted octanol–water partition coefficient (Wildman–Crippen LogP) is 2.40. The van der Waals surface area contributed by atoms with E-state index in [1.54, 1.807) is 0 Å². The van der Waals surface area contributed by atoms with Crippen molar-refractivity contribution in [3.63, 3.8) is 0 Å². The molecule has 0 aromatic carbocycles. The molecule has 1 atom stereocenters. The highest BCUT2D eigenvalue weighted by molar-refractivity contribution is 5.12. The maximum absolute atomic E-state index is 4.83. The molecule has 4 rings (SSSR count). The van der Waals surface area contributed by atoms with Gasteiger partial charge in [-0.05, 0) is 70.5 Å². The Balaban J connectivity index is 1.41. The molecule has 4 heteroatoms. The molecule has 3 aliphatic rings. The molecule has 0 aliphatic carbocycles. The van der Waals surface area contributed by atoms with Crippen molar-refractivity contribution >= 4 is 0 Å². The number of aromatic nitrogens is 2. The summed E-state index contributed by atoms with van der Waals surface area (Å²) in [5, 5.41) is 3.49. The molecule has 122 valence electrons. The number of nitrogens with one attached hydrogen (secondary N) is 1. The number of hydrogen-bond acceptors (Lipinski definition) is 3. The number of piperidine rings is 2. The van der Waals surface area contributed by atoms with E-state index in [4.69, 9.17) is 4.98 Å². The van der Waals surface area contributed by atoms with E-state index in [1.165, 1.54) is 95.7 Å². The van der Waals surface area contributed by atoms with Gasteiger partial charge in [-0.3, -0.25) is 0 Å². The van der Waals surface area contributed by atoms with Gasteiger partial charge in [0, 0.05) is 37.4 Å². The second kappa shape index (κ2) is 6.71. The average Bonchev–Trinajstić information content (AvgIpc) is 3.00. The van der Waals surface area contributed by atoms with Gasteiger partial charge in [0.25, 0.3) is 0 Å². The third-order valence-electron chi connectivity index (χ3n) is 5.88. The van der Waals surface area contributed by atoms with Crippen molar-refractivity contribution in [3.05, 3.63) is 17.7 Å². The second-order valence-corrected chi connectivity index (χ2v) is 7.51. The SMILES string of the molecule is c1nc(C2CCCN(CC3CCNCC3)C2)n2c1CCCC2. The Morgan fingerprint density at radius 2 is 2.00 bits per heavy atom. The first-order valence-electron chi connectivity index (χ1n) is 9.37. The number of likely N-dealkylation sites (tertiary alicyclic amines) is 1. The van der Waals surface area contributed by atoms with Gasteiger partial charge in [-0.15, -0.1) is 0 Å². The zero-order chi connectivity index (χ0) is 14.8. The molecule has 0 saturated carbocycles. The molecule has 0 bridgehead atoms. The van der Waals surface area contributed by atoms with Crippen LogP contribution in [0, 0.1) is 5.92 Å². The largest absolute Gasteiger partial charge is 0.332 e. The molecule has 4 heterocycles. The van der Waals surface area contributed by atoms with E-state index in [2.05, 4.69) is 21.0 Å². The van der Waals surface area contributed by atoms with Gasteiger partial charge in [-0.2, -0.15) is 0 Å². The van der Waals surface area contributed by atoms with Gasteiger partial charge in [-0.1, -0.05) is 0 Å². The molecule has 1 aromatic rings. The van der Waals surface area contributed by atoms with Crippen LogP contribution in [-0.4, -0.2) is 47.2 Å². The first kappa shape index (κ1) is 14.7. The van der Waals surface area contributed by atoms with Gasteiger partial charge < -0.3 is 14.8 Å². The Morgan fingerprint density at radius 1 is 1.09 bits per heavy atom. The first-order chi connectivity index (χ1) is 10.9. The Labute approximate surface area is 134 Å². The summed E-state index contributed by atoms with van der Waals surface area (Å²) in [4.78, 5) is 7.56. The summed E-state index contributed by atoms with van der Waals surface area (Å²) < 4.78 is 2.54. The summed E-state index contributed by atoms with van der Waals surface area (Å²) >= 11 is 0. The molecule has 0 spiro atoms. The minimum absolute atomic E-state index is 0.669. The van der Waals surface area contributed by atoms with E-state index in [0.29, 0.717) is 5.92 Å². The normalized spacial score (nSPS) is 27.7. The highest BCUT2D eigenvalue weighted by atomic mass is 15.2. The molecule has 0 amide bonds. The third kappa shape index (κ3) is 3.09. The topological polar surface area (TPSA) is 33.1 Å². The van der Waals surface area contributed by atoms with E-state index < -0.39 is 0 Å². The zero-order valence-electron chi connectivity index (χ0n) is 13.8. The summed E-state index contributed by atoms with van der Waals surface area (Å²) in [7, 11) is 0. The lowest BCUT2D eigenvalue weighted by Crippen LogP contribution is -2.41. The van der Waals surface area contributed by atoms with Crippen molar-refractivity contribution in [2.24, 2.45) is 5.92 Å². The summed E-state index contributed by atoms with van der Waals surface area (Å²) in [5.41, 5.74) is 1.48. The quantitative estimate of drug-likeness (QED) is 0.931. The van der Waals surface area contributed by atoms with Crippen molar-refractivity contribution in [2.75, 3.05) is 32.7 Å². The second-order valence-electron chi connectivity index (χ2n) is 7.51. The van der Waals surface area contributed by atoms with Crippen LogP contribution in [0.5, 0.6) is 0 Å². The van der Waals surface area contributed by atoms with Crippen LogP contribution in [0.3, 0.4) is 0 Å². The smallest absolute Gasteiger partial charge is 0.113 e. The fourth-order valence-corrected chi connectivity index (χ4v) is 4.65. The molecule has 2 fully saturated rings. The van der Waals surface area contributed by atoms with Gasteiger partial charge in [-0.25, -0.2) is 4.98 Å². The van der Waals surface area contributed by atoms with Crippen molar-refractivity contribution in [3.8, 4) is 0 Å². The number of aryl methyl sites for hydroxylation is 1. The van der Waals surface area contributed by atoms with Gasteiger partial charge in [0.15, 0.2) is 0 Å². The highest BCUT2D eigenvalue weighted by Crippen LogP contribution is 2.30. The van der Waals surface area contributed by atoms with Crippen LogP contribution in [0.15, 0.2) is 6.20 Å². The van der Waals surface area contributed by atoms with Crippen molar-refractivity contribution in [2.45, 2.75) is 57.4 Å². The third-order valence-corrected chi connectivity index (χ3v) is 5.88. The minimum Gasteiger partial charge on any atom is -0.332 e. The lowest BCUT2D eigenvalue weighted by molar-refractivity contribution is 0.160. The molecular formula is C18H30N4. The highest BCUT2D eigenvalue weighted by Gasteiger charge is 2.28. The molecule has 3 aliphatic heterocycles. The minimum atomic E-state index is 0.669. The summed E-state index contributed by atoms with van der Waals surface area (Å²) in [5.74, 6) is 2.97. The fourth-order valence-electron chi connectivity index (χ4n) is 4.65.